The molecule has 0 atom stereocenters. The van der Waals surface area contributed by atoms with Crippen LogP contribution in [0.2, 0.25) is 0 Å². The Bertz CT molecular complexity index is 1610. The highest BCUT2D eigenvalue weighted by Gasteiger charge is 2.17. The van der Waals surface area contributed by atoms with E-state index in [1.165, 1.54) is 38.5 Å². The lowest BCUT2D eigenvalue weighted by Gasteiger charge is -2.13. The molecule has 0 saturated heterocycles. The van der Waals surface area contributed by atoms with Crippen molar-refractivity contribution >= 4 is 35.4 Å². The van der Waals surface area contributed by atoms with Crippen LogP contribution < -0.4 is 20.1 Å². The van der Waals surface area contributed by atoms with Crippen molar-refractivity contribution < 1.29 is 28.2 Å². The van der Waals surface area contributed by atoms with Crippen molar-refractivity contribution in [1.29, 1.82) is 0 Å². The predicted octanol–water partition coefficient (Wildman–Crippen LogP) is 6.15. The van der Waals surface area contributed by atoms with Gasteiger partial charge in [-0.3, -0.25) is 14.4 Å². The van der Waals surface area contributed by atoms with Gasteiger partial charge < -0.3 is 20.1 Å². The van der Waals surface area contributed by atoms with E-state index < -0.39 is 17.6 Å². The highest BCUT2D eigenvalue weighted by molar-refractivity contribution is 6.11. The number of halogens is 1. The average Bonchev–Trinajstić information content (AvgIpc) is 3.01. The van der Waals surface area contributed by atoms with Crippen molar-refractivity contribution in [2.45, 2.75) is 0 Å². The fourth-order valence-corrected chi connectivity index (χ4v) is 3.82. The van der Waals surface area contributed by atoms with Crippen LogP contribution in [0.15, 0.2) is 109 Å². The molecule has 2 amide bonds. The third-order valence-electron chi connectivity index (χ3n) is 6.02. The average molecular weight is 551 g/mol. The van der Waals surface area contributed by atoms with Crippen molar-refractivity contribution in [3.05, 3.63) is 137 Å². The second-order valence-electron chi connectivity index (χ2n) is 8.74. The van der Waals surface area contributed by atoms with Gasteiger partial charge in [0, 0.05) is 34.0 Å². The smallest absolute Gasteiger partial charge is 0.272 e. The maximum atomic E-state index is 13.8. The highest BCUT2D eigenvalue weighted by Crippen LogP contribution is 2.26. The first-order valence-electron chi connectivity index (χ1n) is 12.6. The molecule has 0 bridgehead atoms. The Morgan fingerprint density at radius 3 is 2.15 bits per heavy atom. The molecule has 4 aromatic rings. The number of ether oxygens (including phenoxy) is 2. The molecule has 0 aliphatic carbocycles. The number of hydrogen-bond acceptors (Lipinski definition) is 5. The van der Waals surface area contributed by atoms with Gasteiger partial charge in [0.15, 0.2) is 5.78 Å². The summed E-state index contributed by atoms with van der Waals surface area (Å²) in [5.74, 6) is -0.808. The zero-order chi connectivity index (χ0) is 29.2. The number of allylic oxidation sites excluding steroid dienone is 1. The first kappa shape index (κ1) is 28.5. The molecule has 0 aliphatic rings. The second kappa shape index (κ2) is 13.5. The largest absolute Gasteiger partial charge is 0.497 e. The van der Waals surface area contributed by atoms with Gasteiger partial charge in [-0.1, -0.05) is 36.4 Å². The van der Waals surface area contributed by atoms with Gasteiger partial charge in [-0.2, -0.15) is 0 Å². The molecular formula is C33H27FN2O5. The molecule has 0 aromatic heterocycles. The second-order valence-corrected chi connectivity index (χ2v) is 8.74. The number of ketones is 1. The number of amides is 2. The molecule has 206 valence electrons. The monoisotopic (exact) mass is 550 g/mol. The van der Waals surface area contributed by atoms with Crippen LogP contribution in [0.1, 0.15) is 31.8 Å². The van der Waals surface area contributed by atoms with E-state index in [1.807, 2.05) is 0 Å². The Hall–Kier alpha value is -5.50. The quantitative estimate of drug-likeness (QED) is 0.183. The summed E-state index contributed by atoms with van der Waals surface area (Å²) < 4.78 is 24.5. The van der Waals surface area contributed by atoms with Gasteiger partial charge in [-0.25, -0.2) is 4.39 Å². The fraction of sp³-hybridized carbons (Fsp3) is 0.0606. The van der Waals surface area contributed by atoms with E-state index in [4.69, 9.17) is 9.47 Å². The first-order valence-corrected chi connectivity index (χ1v) is 12.6. The topological polar surface area (TPSA) is 93.7 Å². The van der Waals surface area contributed by atoms with Crippen LogP contribution in [-0.4, -0.2) is 31.8 Å². The predicted molar refractivity (Wildman–Crippen MR) is 156 cm³/mol. The molecule has 0 saturated carbocycles. The molecule has 7 nitrogen and oxygen atoms in total. The number of nitrogens with one attached hydrogen (secondary N) is 2. The highest BCUT2D eigenvalue weighted by atomic mass is 19.1. The van der Waals surface area contributed by atoms with Crippen molar-refractivity contribution in [3.63, 3.8) is 0 Å². The summed E-state index contributed by atoms with van der Waals surface area (Å²) in [6.45, 7) is 0. The molecule has 0 fully saturated rings. The van der Waals surface area contributed by atoms with Crippen molar-refractivity contribution in [2.24, 2.45) is 0 Å². The Labute approximate surface area is 236 Å². The summed E-state index contributed by atoms with van der Waals surface area (Å²) in [4.78, 5) is 38.8. The van der Waals surface area contributed by atoms with Crippen molar-refractivity contribution in [1.82, 2.24) is 5.32 Å². The molecule has 41 heavy (non-hydrogen) atoms. The molecule has 4 aromatic carbocycles. The molecule has 0 spiro atoms. The van der Waals surface area contributed by atoms with Gasteiger partial charge in [0.25, 0.3) is 11.8 Å². The third kappa shape index (κ3) is 7.54. The Morgan fingerprint density at radius 1 is 0.756 bits per heavy atom. The Morgan fingerprint density at radius 2 is 1.46 bits per heavy atom. The van der Waals surface area contributed by atoms with E-state index in [2.05, 4.69) is 10.6 Å². The van der Waals surface area contributed by atoms with E-state index in [0.717, 1.165) is 0 Å². The van der Waals surface area contributed by atoms with Crippen LogP contribution >= 0.6 is 0 Å². The van der Waals surface area contributed by atoms with E-state index in [-0.39, 0.29) is 11.5 Å². The van der Waals surface area contributed by atoms with Gasteiger partial charge in [0.2, 0.25) is 0 Å². The standard InChI is InChI=1S/C33H27FN2O5/c1-40-27-18-14-25(31(21-27)41-2)20-29(36-32(38)24-9-4-3-5-10-24)33(39)35-26-16-12-23(13-17-26)30(37)19-15-22-8-6-7-11-28(22)34/h3-21H,1-2H3,(H,35,39)(H,36,38)/b19-15+,29-20-. The number of hydrogen-bond donors (Lipinski definition) is 2. The number of carbonyl (C=O) groups excluding carboxylic acids is 3. The van der Waals surface area contributed by atoms with Crippen molar-refractivity contribution in [3.8, 4) is 11.5 Å². The van der Waals surface area contributed by atoms with Crippen LogP contribution in [0.5, 0.6) is 11.5 Å². The van der Waals surface area contributed by atoms with Gasteiger partial charge >= 0.3 is 0 Å². The third-order valence-corrected chi connectivity index (χ3v) is 6.02. The lowest BCUT2D eigenvalue weighted by molar-refractivity contribution is -0.113. The maximum absolute atomic E-state index is 13.8. The minimum absolute atomic E-state index is 0.0321. The van der Waals surface area contributed by atoms with Crippen LogP contribution in [-0.2, 0) is 4.79 Å². The summed E-state index contributed by atoms with van der Waals surface area (Å²) in [7, 11) is 3.02. The van der Waals surface area contributed by atoms with Crippen LogP contribution in [0.25, 0.3) is 12.2 Å². The summed E-state index contributed by atoms with van der Waals surface area (Å²) >= 11 is 0. The lowest BCUT2D eigenvalue weighted by Crippen LogP contribution is -2.30. The number of carbonyl (C=O) groups is 3. The lowest BCUT2D eigenvalue weighted by atomic mass is 10.1. The summed E-state index contributed by atoms with van der Waals surface area (Å²) in [5.41, 5.74) is 1.93. The number of benzene rings is 4. The van der Waals surface area contributed by atoms with E-state index >= 15 is 0 Å². The molecule has 4 rings (SSSR count). The summed E-state index contributed by atoms with van der Waals surface area (Å²) in [6.07, 6.45) is 4.20. The molecule has 0 unspecified atom stereocenters. The summed E-state index contributed by atoms with van der Waals surface area (Å²) in [6, 6.07) is 25.9. The van der Waals surface area contributed by atoms with Gasteiger partial charge in [0.05, 0.1) is 14.2 Å². The Kier molecular flexibility index (Phi) is 9.41. The Balaban J connectivity index is 1.55. The molecular weight excluding hydrogens is 523 g/mol. The van der Waals surface area contributed by atoms with Crippen LogP contribution in [0, 0.1) is 5.82 Å². The zero-order valence-corrected chi connectivity index (χ0v) is 22.4. The molecule has 0 heterocycles. The zero-order valence-electron chi connectivity index (χ0n) is 22.4. The van der Waals surface area contributed by atoms with E-state index in [1.54, 1.807) is 91.0 Å². The normalized spacial score (nSPS) is 11.1. The SMILES string of the molecule is COc1ccc(/C=C(\NC(=O)c2ccccc2)C(=O)Nc2ccc(C(=O)/C=C/c3ccccc3F)cc2)c(OC)c1. The summed E-state index contributed by atoms with van der Waals surface area (Å²) in [5, 5.41) is 5.42. The molecule has 2 N–H and O–H groups in total. The number of rotatable bonds is 10. The minimum atomic E-state index is -0.592. The van der Waals surface area contributed by atoms with Crippen LogP contribution in [0.4, 0.5) is 10.1 Å². The van der Waals surface area contributed by atoms with Gasteiger partial charge in [-0.05, 0) is 72.8 Å². The first-order chi connectivity index (χ1) is 19.9. The fourth-order valence-electron chi connectivity index (χ4n) is 3.82. The molecule has 8 heteroatoms. The van der Waals surface area contributed by atoms with Gasteiger partial charge in [0.1, 0.15) is 23.0 Å². The van der Waals surface area contributed by atoms with E-state index in [0.29, 0.717) is 39.4 Å². The van der Waals surface area contributed by atoms with Gasteiger partial charge in [-0.15, -0.1) is 0 Å². The number of methoxy groups -OCH3 is 2. The van der Waals surface area contributed by atoms with Crippen molar-refractivity contribution in [2.75, 3.05) is 19.5 Å². The minimum Gasteiger partial charge on any atom is -0.497 e. The van der Waals surface area contributed by atoms with Crippen LogP contribution in [0.3, 0.4) is 0 Å². The number of anilines is 1. The molecule has 0 radical (unpaired) electrons. The van der Waals surface area contributed by atoms with E-state index in [9.17, 15) is 18.8 Å². The molecule has 0 aliphatic heterocycles. The maximum Gasteiger partial charge on any atom is 0.272 e.